The summed E-state index contributed by atoms with van der Waals surface area (Å²) in [6.45, 7) is 6.52. The van der Waals surface area contributed by atoms with E-state index in [2.05, 4.69) is 28.2 Å². The van der Waals surface area contributed by atoms with Crippen molar-refractivity contribution >= 4 is 15.9 Å². The predicted octanol–water partition coefficient (Wildman–Crippen LogP) is 3.54. The van der Waals surface area contributed by atoms with Crippen LogP contribution < -0.4 is 5.32 Å². The molecule has 1 unspecified atom stereocenters. The third kappa shape index (κ3) is 5.46. The minimum absolute atomic E-state index is 0.208. The van der Waals surface area contributed by atoms with Crippen molar-refractivity contribution in [1.29, 1.82) is 0 Å². The highest BCUT2D eigenvalue weighted by molar-refractivity contribution is 9.10. The monoisotopic (exact) mass is 317 g/mol. The average Bonchev–Trinajstić information content (AvgIpc) is 2.33. The molecule has 0 heterocycles. The van der Waals surface area contributed by atoms with Crippen molar-refractivity contribution in [2.45, 2.75) is 32.7 Å². The van der Waals surface area contributed by atoms with E-state index in [1.54, 1.807) is 0 Å². The SMILES string of the molecule is CCNC(CCOCC)Cc1ccc(F)cc1Br. The second-order valence-corrected chi connectivity index (χ2v) is 5.03. The highest BCUT2D eigenvalue weighted by atomic mass is 79.9. The molecule has 0 bridgehead atoms. The lowest BCUT2D eigenvalue weighted by molar-refractivity contribution is 0.136. The summed E-state index contributed by atoms with van der Waals surface area (Å²) in [5, 5.41) is 3.44. The molecule has 0 aliphatic carbocycles. The van der Waals surface area contributed by atoms with Gasteiger partial charge in [0.25, 0.3) is 0 Å². The van der Waals surface area contributed by atoms with E-state index in [1.165, 1.54) is 12.1 Å². The van der Waals surface area contributed by atoms with Crippen LogP contribution in [0.4, 0.5) is 4.39 Å². The largest absolute Gasteiger partial charge is 0.382 e. The Kier molecular flexibility index (Phi) is 7.47. The summed E-state index contributed by atoms with van der Waals surface area (Å²) in [7, 11) is 0. The maximum atomic E-state index is 13.0. The Bertz CT molecular complexity index is 360. The Hall–Kier alpha value is -0.450. The second kappa shape index (κ2) is 8.62. The van der Waals surface area contributed by atoms with Crippen LogP contribution in [-0.2, 0) is 11.2 Å². The molecular formula is C14H21BrFNO. The standard InChI is InChI=1S/C14H21BrFNO/c1-3-17-13(7-8-18-4-2)9-11-5-6-12(16)10-14(11)15/h5-6,10,13,17H,3-4,7-9H2,1-2H3. The molecule has 0 saturated heterocycles. The minimum atomic E-state index is -0.208. The molecule has 1 atom stereocenters. The van der Waals surface area contributed by atoms with Crippen LogP contribution in [0.2, 0.25) is 0 Å². The summed E-state index contributed by atoms with van der Waals surface area (Å²) < 4.78 is 19.2. The average molecular weight is 318 g/mol. The first-order valence-corrected chi connectivity index (χ1v) is 7.21. The molecule has 18 heavy (non-hydrogen) atoms. The molecule has 2 nitrogen and oxygen atoms in total. The van der Waals surface area contributed by atoms with Gasteiger partial charge in [-0.25, -0.2) is 4.39 Å². The number of ether oxygens (including phenoxy) is 1. The van der Waals surface area contributed by atoms with Crippen LogP contribution in [-0.4, -0.2) is 25.8 Å². The summed E-state index contributed by atoms with van der Waals surface area (Å²) in [6.07, 6.45) is 1.84. The van der Waals surface area contributed by atoms with E-state index in [-0.39, 0.29) is 5.82 Å². The van der Waals surface area contributed by atoms with Crippen LogP contribution in [0, 0.1) is 5.82 Å². The van der Waals surface area contributed by atoms with Gasteiger partial charge in [-0.05, 0) is 44.0 Å². The zero-order valence-corrected chi connectivity index (χ0v) is 12.6. The van der Waals surface area contributed by atoms with E-state index in [9.17, 15) is 4.39 Å². The number of rotatable bonds is 8. The van der Waals surface area contributed by atoms with E-state index in [1.807, 2.05) is 13.0 Å². The van der Waals surface area contributed by atoms with E-state index in [0.717, 1.165) is 42.6 Å². The smallest absolute Gasteiger partial charge is 0.124 e. The molecule has 0 aliphatic rings. The second-order valence-electron chi connectivity index (χ2n) is 4.18. The summed E-state index contributed by atoms with van der Waals surface area (Å²) in [6, 6.07) is 5.22. The van der Waals surface area contributed by atoms with Gasteiger partial charge in [0.1, 0.15) is 5.82 Å². The molecule has 0 radical (unpaired) electrons. The number of likely N-dealkylation sites (N-methyl/N-ethyl adjacent to an activating group) is 1. The summed E-state index contributed by atoms with van der Waals surface area (Å²) >= 11 is 3.41. The third-order valence-electron chi connectivity index (χ3n) is 2.79. The molecule has 0 spiro atoms. The van der Waals surface area contributed by atoms with Crippen LogP contribution in [0.1, 0.15) is 25.8 Å². The molecule has 0 aliphatic heterocycles. The lowest BCUT2D eigenvalue weighted by Gasteiger charge is -2.18. The van der Waals surface area contributed by atoms with Gasteiger partial charge in [0.05, 0.1) is 0 Å². The van der Waals surface area contributed by atoms with Crippen molar-refractivity contribution in [2.24, 2.45) is 0 Å². The Morgan fingerprint density at radius 2 is 2.17 bits per heavy atom. The highest BCUT2D eigenvalue weighted by Crippen LogP contribution is 2.20. The third-order valence-corrected chi connectivity index (χ3v) is 3.53. The van der Waals surface area contributed by atoms with Crippen LogP contribution in [0.15, 0.2) is 22.7 Å². The van der Waals surface area contributed by atoms with E-state index < -0.39 is 0 Å². The molecule has 0 fully saturated rings. The number of hydrogen-bond acceptors (Lipinski definition) is 2. The van der Waals surface area contributed by atoms with Crippen LogP contribution in [0.5, 0.6) is 0 Å². The first-order valence-electron chi connectivity index (χ1n) is 6.42. The molecule has 102 valence electrons. The van der Waals surface area contributed by atoms with Crippen LogP contribution in [0.25, 0.3) is 0 Å². The normalized spacial score (nSPS) is 12.7. The Labute approximate surface area is 117 Å². The highest BCUT2D eigenvalue weighted by Gasteiger charge is 2.11. The molecule has 1 rings (SSSR count). The van der Waals surface area contributed by atoms with E-state index in [4.69, 9.17) is 4.74 Å². The summed E-state index contributed by atoms with van der Waals surface area (Å²) in [5.74, 6) is -0.208. The maximum absolute atomic E-state index is 13.0. The van der Waals surface area contributed by atoms with Gasteiger partial charge in [0, 0.05) is 23.7 Å². The lowest BCUT2D eigenvalue weighted by Crippen LogP contribution is -2.32. The molecule has 1 aromatic rings. The summed E-state index contributed by atoms with van der Waals surface area (Å²) in [4.78, 5) is 0. The fourth-order valence-corrected chi connectivity index (χ4v) is 2.40. The van der Waals surface area contributed by atoms with Crippen molar-refractivity contribution in [3.8, 4) is 0 Å². The first kappa shape index (κ1) is 15.6. The number of benzene rings is 1. The topological polar surface area (TPSA) is 21.3 Å². The fraction of sp³-hybridized carbons (Fsp3) is 0.571. The zero-order valence-electron chi connectivity index (χ0n) is 11.0. The lowest BCUT2D eigenvalue weighted by atomic mass is 10.0. The molecule has 4 heteroatoms. The van der Waals surface area contributed by atoms with Crippen molar-refractivity contribution in [1.82, 2.24) is 5.32 Å². The predicted molar refractivity (Wildman–Crippen MR) is 76.4 cm³/mol. The van der Waals surface area contributed by atoms with Crippen molar-refractivity contribution < 1.29 is 9.13 Å². The Balaban J connectivity index is 2.58. The van der Waals surface area contributed by atoms with Gasteiger partial charge in [-0.3, -0.25) is 0 Å². The maximum Gasteiger partial charge on any atom is 0.124 e. The van der Waals surface area contributed by atoms with E-state index in [0.29, 0.717) is 6.04 Å². The first-order chi connectivity index (χ1) is 8.67. The number of hydrogen-bond donors (Lipinski definition) is 1. The Morgan fingerprint density at radius 1 is 1.39 bits per heavy atom. The van der Waals surface area contributed by atoms with Crippen molar-refractivity contribution in [2.75, 3.05) is 19.8 Å². The molecule has 1 N–H and O–H groups in total. The van der Waals surface area contributed by atoms with Crippen molar-refractivity contribution in [3.05, 3.63) is 34.1 Å². The zero-order chi connectivity index (χ0) is 13.4. The van der Waals surface area contributed by atoms with Gasteiger partial charge in [0.2, 0.25) is 0 Å². The van der Waals surface area contributed by atoms with Gasteiger partial charge in [0.15, 0.2) is 0 Å². The van der Waals surface area contributed by atoms with Crippen LogP contribution >= 0.6 is 15.9 Å². The van der Waals surface area contributed by atoms with Crippen LogP contribution in [0.3, 0.4) is 0 Å². The van der Waals surface area contributed by atoms with Gasteiger partial charge in [-0.15, -0.1) is 0 Å². The van der Waals surface area contributed by atoms with Crippen molar-refractivity contribution in [3.63, 3.8) is 0 Å². The minimum Gasteiger partial charge on any atom is -0.382 e. The molecule has 0 aromatic heterocycles. The molecular weight excluding hydrogens is 297 g/mol. The number of nitrogens with one attached hydrogen (secondary N) is 1. The van der Waals surface area contributed by atoms with Gasteiger partial charge in [-0.2, -0.15) is 0 Å². The van der Waals surface area contributed by atoms with Gasteiger partial charge < -0.3 is 10.1 Å². The molecule has 0 saturated carbocycles. The van der Waals surface area contributed by atoms with Gasteiger partial charge in [-0.1, -0.05) is 28.9 Å². The molecule has 1 aromatic carbocycles. The van der Waals surface area contributed by atoms with Gasteiger partial charge >= 0.3 is 0 Å². The van der Waals surface area contributed by atoms with E-state index >= 15 is 0 Å². The fourth-order valence-electron chi connectivity index (χ4n) is 1.89. The quantitative estimate of drug-likeness (QED) is 0.740. The molecule has 0 amide bonds. The Morgan fingerprint density at radius 3 is 2.78 bits per heavy atom. The number of halogens is 2. The summed E-state index contributed by atoms with van der Waals surface area (Å²) in [5.41, 5.74) is 1.12.